The van der Waals surface area contributed by atoms with E-state index in [0.29, 0.717) is 19.5 Å². The van der Waals surface area contributed by atoms with Crippen LogP contribution in [0.25, 0.3) is 0 Å². The van der Waals surface area contributed by atoms with Crippen LogP contribution in [0.5, 0.6) is 0 Å². The highest BCUT2D eigenvalue weighted by atomic mass is 16.2. The van der Waals surface area contributed by atoms with Crippen molar-refractivity contribution in [3.63, 3.8) is 0 Å². The maximum Gasteiger partial charge on any atom is 0.246 e. The molecule has 0 spiro atoms. The van der Waals surface area contributed by atoms with E-state index in [-0.39, 0.29) is 23.7 Å². The first-order valence-corrected chi connectivity index (χ1v) is 10.00. The van der Waals surface area contributed by atoms with Gasteiger partial charge in [-0.15, -0.1) is 6.58 Å². The number of unbranched alkanes of at least 4 members (excludes halogenated alkanes) is 1. The number of anilines is 1. The summed E-state index contributed by atoms with van der Waals surface area (Å²) in [6, 6.07) is 9.96. The van der Waals surface area contributed by atoms with Crippen molar-refractivity contribution in [2.24, 2.45) is 11.8 Å². The summed E-state index contributed by atoms with van der Waals surface area (Å²) in [6.45, 7) is 8.77. The van der Waals surface area contributed by atoms with Crippen LogP contribution in [0.1, 0.15) is 46.0 Å². The average molecular weight is 372 g/mol. The highest BCUT2D eigenvalue weighted by Gasteiger charge is 2.49. The Morgan fingerprint density at radius 1 is 1.26 bits per heavy atom. The molecule has 3 atom stereocenters. The highest BCUT2D eigenvalue weighted by Crippen LogP contribution is 2.38. The van der Waals surface area contributed by atoms with Gasteiger partial charge >= 0.3 is 0 Å². The topological polar surface area (TPSA) is 70.2 Å². The van der Waals surface area contributed by atoms with E-state index in [4.69, 9.17) is 0 Å². The van der Waals surface area contributed by atoms with Crippen LogP contribution >= 0.6 is 0 Å². The number of nitrogens with one attached hydrogen (secondary N) is 3. The SMILES string of the molecule is C=C[C@@H]1CCC(CNc2ccccc2)[C@@](NC(C)=O)(C(=O)NCCCC)C1. The van der Waals surface area contributed by atoms with Crippen molar-refractivity contribution >= 4 is 17.5 Å². The minimum atomic E-state index is -0.904. The van der Waals surface area contributed by atoms with Crippen molar-refractivity contribution in [1.29, 1.82) is 0 Å². The van der Waals surface area contributed by atoms with Crippen LogP contribution in [0.3, 0.4) is 0 Å². The van der Waals surface area contributed by atoms with E-state index < -0.39 is 5.54 Å². The number of allylic oxidation sites excluding steroid dienone is 1. The molecule has 1 aliphatic rings. The predicted molar refractivity (Wildman–Crippen MR) is 110 cm³/mol. The second-order valence-electron chi connectivity index (χ2n) is 7.48. The van der Waals surface area contributed by atoms with Crippen LogP contribution in [0.15, 0.2) is 43.0 Å². The van der Waals surface area contributed by atoms with Gasteiger partial charge in [-0.1, -0.05) is 37.6 Å². The molecule has 1 fully saturated rings. The van der Waals surface area contributed by atoms with Gasteiger partial charge in [0.05, 0.1) is 0 Å². The van der Waals surface area contributed by atoms with Gasteiger partial charge in [-0.05, 0) is 43.7 Å². The van der Waals surface area contributed by atoms with Crippen molar-refractivity contribution in [3.05, 3.63) is 43.0 Å². The summed E-state index contributed by atoms with van der Waals surface area (Å²) in [6.07, 6.45) is 6.29. The lowest BCUT2D eigenvalue weighted by atomic mass is 9.67. The molecule has 148 valence electrons. The summed E-state index contributed by atoms with van der Waals surface area (Å²) >= 11 is 0. The van der Waals surface area contributed by atoms with Crippen molar-refractivity contribution in [2.45, 2.75) is 51.5 Å². The zero-order valence-electron chi connectivity index (χ0n) is 16.6. The Labute approximate surface area is 163 Å². The Bertz CT molecular complexity index is 632. The molecule has 5 heteroatoms. The summed E-state index contributed by atoms with van der Waals surface area (Å²) in [5.41, 5.74) is 0.116. The number of para-hydroxylation sites is 1. The molecule has 0 aromatic heterocycles. The summed E-state index contributed by atoms with van der Waals surface area (Å²) in [5.74, 6) is -0.00573. The van der Waals surface area contributed by atoms with Crippen LogP contribution in [-0.4, -0.2) is 30.4 Å². The third kappa shape index (κ3) is 5.59. The molecule has 1 unspecified atom stereocenters. The number of amides is 2. The third-order valence-electron chi connectivity index (χ3n) is 5.45. The lowest BCUT2D eigenvalue weighted by molar-refractivity contribution is -0.137. The zero-order valence-corrected chi connectivity index (χ0v) is 16.6. The Morgan fingerprint density at radius 2 is 2.00 bits per heavy atom. The van der Waals surface area contributed by atoms with E-state index in [1.165, 1.54) is 6.92 Å². The van der Waals surface area contributed by atoms with Gasteiger partial charge in [0.2, 0.25) is 11.8 Å². The average Bonchev–Trinajstić information content (AvgIpc) is 2.67. The molecule has 1 aliphatic carbocycles. The molecule has 5 nitrogen and oxygen atoms in total. The summed E-state index contributed by atoms with van der Waals surface area (Å²) < 4.78 is 0. The van der Waals surface area contributed by atoms with Gasteiger partial charge < -0.3 is 16.0 Å². The summed E-state index contributed by atoms with van der Waals surface area (Å²) in [7, 11) is 0. The van der Waals surface area contributed by atoms with E-state index in [2.05, 4.69) is 29.5 Å². The molecule has 2 rings (SSSR count). The maximum absolute atomic E-state index is 13.2. The Balaban J connectivity index is 2.23. The molecular formula is C22H33N3O2. The second kappa shape index (κ2) is 10.1. The van der Waals surface area contributed by atoms with E-state index in [9.17, 15) is 9.59 Å². The number of rotatable bonds is 9. The van der Waals surface area contributed by atoms with Crippen LogP contribution < -0.4 is 16.0 Å². The lowest BCUT2D eigenvalue weighted by Crippen LogP contribution is -2.66. The maximum atomic E-state index is 13.2. The normalized spacial score (nSPS) is 24.7. The van der Waals surface area contributed by atoms with Crippen molar-refractivity contribution in [2.75, 3.05) is 18.4 Å². The second-order valence-corrected chi connectivity index (χ2v) is 7.48. The van der Waals surface area contributed by atoms with Gasteiger partial charge in [-0.2, -0.15) is 0 Å². The van der Waals surface area contributed by atoms with E-state index in [0.717, 1.165) is 31.4 Å². The van der Waals surface area contributed by atoms with Gasteiger partial charge in [0.15, 0.2) is 0 Å². The molecule has 1 aromatic rings. The minimum absolute atomic E-state index is 0.0134. The molecule has 0 heterocycles. The van der Waals surface area contributed by atoms with E-state index in [1.54, 1.807) is 0 Å². The first-order chi connectivity index (χ1) is 13.0. The molecular weight excluding hydrogens is 338 g/mol. The fourth-order valence-corrected chi connectivity index (χ4v) is 3.96. The van der Waals surface area contributed by atoms with Gasteiger partial charge in [0.25, 0.3) is 0 Å². The van der Waals surface area contributed by atoms with Gasteiger partial charge in [0, 0.05) is 31.6 Å². The summed E-state index contributed by atoms with van der Waals surface area (Å²) in [5, 5.41) is 9.53. The molecule has 0 saturated heterocycles. The fourth-order valence-electron chi connectivity index (χ4n) is 3.96. The van der Waals surface area contributed by atoms with Gasteiger partial charge in [-0.3, -0.25) is 9.59 Å². The van der Waals surface area contributed by atoms with Gasteiger partial charge in [-0.25, -0.2) is 0 Å². The Hall–Kier alpha value is -2.30. The molecule has 1 saturated carbocycles. The Kier molecular flexibility index (Phi) is 7.89. The molecule has 2 amide bonds. The van der Waals surface area contributed by atoms with Crippen LogP contribution in [0.4, 0.5) is 5.69 Å². The molecule has 0 bridgehead atoms. The molecule has 1 aromatic carbocycles. The molecule has 27 heavy (non-hydrogen) atoms. The van der Waals surface area contributed by atoms with E-state index >= 15 is 0 Å². The monoisotopic (exact) mass is 371 g/mol. The zero-order chi connectivity index (χ0) is 19.7. The fraction of sp³-hybridized carbons (Fsp3) is 0.545. The first kappa shape index (κ1) is 21.0. The van der Waals surface area contributed by atoms with Crippen molar-refractivity contribution in [1.82, 2.24) is 10.6 Å². The standard InChI is InChI=1S/C22H33N3O2/c1-4-6-14-23-21(27)22(25-17(3)26)15-18(5-2)12-13-19(22)16-24-20-10-8-7-9-11-20/h5,7-11,18-19,24H,2,4,6,12-16H2,1,3H3,(H,23,27)(H,25,26)/t18-,19?,22-/m1/s1. The quantitative estimate of drug-likeness (QED) is 0.460. The van der Waals surface area contributed by atoms with E-state index in [1.807, 2.05) is 36.4 Å². The largest absolute Gasteiger partial charge is 0.385 e. The predicted octanol–water partition coefficient (Wildman–Crippen LogP) is 3.49. The number of carbonyl (C=O) groups is 2. The minimum Gasteiger partial charge on any atom is -0.385 e. The van der Waals surface area contributed by atoms with Crippen molar-refractivity contribution in [3.8, 4) is 0 Å². The van der Waals surface area contributed by atoms with Crippen LogP contribution in [-0.2, 0) is 9.59 Å². The van der Waals surface area contributed by atoms with Gasteiger partial charge in [0.1, 0.15) is 5.54 Å². The Morgan fingerprint density at radius 3 is 2.63 bits per heavy atom. The summed E-state index contributed by atoms with van der Waals surface area (Å²) in [4.78, 5) is 25.3. The molecule has 3 N–H and O–H groups in total. The smallest absolute Gasteiger partial charge is 0.246 e. The van der Waals surface area contributed by atoms with Crippen LogP contribution in [0.2, 0.25) is 0 Å². The first-order valence-electron chi connectivity index (χ1n) is 10.00. The molecule has 0 radical (unpaired) electrons. The highest BCUT2D eigenvalue weighted by molar-refractivity contribution is 5.91. The van der Waals surface area contributed by atoms with Crippen molar-refractivity contribution < 1.29 is 9.59 Å². The number of carbonyl (C=O) groups excluding carboxylic acids is 2. The molecule has 0 aliphatic heterocycles. The lowest BCUT2D eigenvalue weighted by Gasteiger charge is -2.45. The van der Waals surface area contributed by atoms with Crippen LogP contribution in [0, 0.1) is 11.8 Å². The number of hydrogen-bond acceptors (Lipinski definition) is 3. The third-order valence-corrected chi connectivity index (χ3v) is 5.45. The number of benzene rings is 1. The number of hydrogen-bond donors (Lipinski definition) is 3.